The molecule has 1 aromatic carbocycles. The molecular weight excluding hydrogens is 404 g/mol. The van der Waals surface area contributed by atoms with Crippen LogP contribution in [0.2, 0.25) is 0 Å². The Morgan fingerprint density at radius 1 is 1.10 bits per heavy atom. The maximum Gasteiger partial charge on any atom is 0.227 e. The number of nitrogens with zero attached hydrogens (tertiary/aromatic N) is 4. The second-order valence-electron chi connectivity index (χ2n) is 7.49. The highest BCUT2D eigenvalue weighted by Gasteiger charge is 2.24. The van der Waals surface area contributed by atoms with Gasteiger partial charge in [0.05, 0.1) is 22.8 Å². The van der Waals surface area contributed by atoms with E-state index in [0.29, 0.717) is 17.6 Å². The van der Waals surface area contributed by atoms with Gasteiger partial charge in [-0.15, -0.1) is 0 Å². The second-order valence-corrected chi connectivity index (χ2v) is 9.51. The Labute approximate surface area is 175 Å². The molecule has 0 amide bonds. The third-order valence-corrected chi connectivity index (χ3v) is 5.90. The number of sulfone groups is 1. The molecule has 9 nitrogen and oxygen atoms in total. The molecule has 1 saturated heterocycles. The molecule has 3 aromatic rings. The first kappa shape index (κ1) is 20.3. The number of H-pyrrole nitrogens is 1. The van der Waals surface area contributed by atoms with E-state index in [1.165, 1.54) is 6.26 Å². The summed E-state index contributed by atoms with van der Waals surface area (Å²) in [5.41, 5.74) is 1.60. The molecule has 1 fully saturated rings. The number of rotatable bonds is 5. The van der Waals surface area contributed by atoms with Gasteiger partial charge >= 0.3 is 0 Å². The van der Waals surface area contributed by atoms with Crippen molar-refractivity contribution in [2.45, 2.75) is 31.0 Å². The Balaban J connectivity index is 1.49. The van der Waals surface area contributed by atoms with E-state index in [4.69, 9.17) is 4.74 Å². The number of aromatic nitrogens is 4. The molecule has 0 radical (unpaired) electrons. The Morgan fingerprint density at radius 3 is 2.47 bits per heavy atom. The Kier molecular flexibility index (Phi) is 5.44. The van der Waals surface area contributed by atoms with E-state index in [9.17, 15) is 8.42 Å². The molecule has 0 aliphatic carbocycles. The van der Waals surface area contributed by atoms with Crippen molar-refractivity contribution in [2.24, 2.45) is 0 Å². The van der Waals surface area contributed by atoms with E-state index in [0.717, 1.165) is 24.3 Å². The summed E-state index contributed by atoms with van der Waals surface area (Å²) < 4.78 is 29.0. The van der Waals surface area contributed by atoms with Crippen molar-refractivity contribution in [3.63, 3.8) is 0 Å². The fourth-order valence-electron chi connectivity index (χ4n) is 3.46. The van der Waals surface area contributed by atoms with Gasteiger partial charge in [-0.2, -0.15) is 10.1 Å². The zero-order chi connectivity index (χ0) is 21.3. The zero-order valence-corrected chi connectivity index (χ0v) is 17.8. The van der Waals surface area contributed by atoms with Gasteiger partial charge in [0.25, 0.3) is 0 Å². The normalized spacial score (nSPS) is 19.6. The number of ether oxygens (including phenoxy) is 1. The average molecular weight is 429 g/mol. The lowest BCUT2D eigenvalue weighted by atomic mass is 10.1. The highest BCUT2D eigenvalue weighted by atomic mass is 32.2. The van der Waals surface area contributed by atoms with E-state index in [1.54, 1.807) is 36.5 Å². The standard InChI is InChI=1S/C20H24N6O3S/c1-13-11-26(12-14(2)29-13)20-21-9-8-18(23-20)22-19-10-17(24-25-19)15-4-6-16(7-5-15)30(3,27)28/h4-10,13-14H,11-12H2,1-3H3,(H2,21,22,23,24,25)/t13-,14+. The zero-order valence-electron chi connectivity index (χ0n) is 17.0. The lowest BCUT2D eigenvalue weighted by molar-refractivity contribution is -0.00571. The average Bonchev–Trinajstić information content (AvgIpc) is 3.15. The van der Waals surface area contributed by atoms with Gasteiger partial charge in [0, 0.05) is 31.6 Å². The molecule has 0 bridgehead atoms. The van der Waals surface area contributed by atoms with Crippen LogP contribution in [0.1, 0.15) is 13.8 Å². The predicted molar refractivity (Wildman–Crippen MR) is 115 cm³/mol. The molecule has 0 spiro atoms. The molecule has 3 heterocycles. The van der Waals surface area contributed by atoms with Crippen LogP contribution < -0.4 is 10.2 Å². The molecule has 158 valence electrons. The molecule has 0 saturated carbocycles. The van der Waals surface area contributed by atoms with E-state index in [-0.39, 0.29) is 17.1 Å². The van der Waals surface area contributed by atoms with Crippen LogP contribution in [-0.4, -0.2) is 60.1 Å². The van der Waals surface area contributed by atoms with Crippen LogP contribution in [-0.2, 0) is 14.6 Å². The number of hydrogen-bond acceptors (Lipinski definition) is 8. The lowest BCUT2D eigenvalue weighted by Gasteiger charge is -2.35. The van der Waals surface area contributed by atoms with Crippen molar-refractivity contribution >= 4 is 27.4 Å². The Bertz CT molecular complexity index is 1120. The van der Waals surface area contributed by atoms with Gasteiger partial charge in [0.15, 0.2) is 15.7 Å². The molecule has 1 aliphatic rings. The van der Waals surface area contributed by atoms with E-state index >= 15 is 0 Å². The van der Waals surface area contributed by atoms with Gasteiger partial charge in [-0.3, -0.25) is 5.10 Å². The van der Waals surface area contributed by atoms with Crippen LogP contribution in [0.3, 0.4) is 0 Å². The summed E-state index contributed by atoms with van der Waals surface area (Å²) in [6.07, 6.45) is 3.15. The third-order valence-electron chi connectivity index (χ3n) is 4.77. The number of aromatic amines is 1. The van der Waals surface area contributed by atoms with Crippen LogP contribution in [0.15, 0.2) is 47.5 Å². The van der Waals surface area contributed by atoms with Gasteiger partial charge < -0.3 is 15.0 Å². The second kappa shape index (κ2) is 8.04. The third kappa shape index (κ3) is 4.60. The van der Waals surface area contributed by atoms with Crippen LogP contribution >= 0.6 is 0 Å². The van der Waals surface area contributed by atoms with Gasteiger partial charge in [0.1, 0.15) is 5.82 Å². The molecule has 2 atom stereocenters. The van der Waals surface area contributed by atoms with Crippen molar-refractivity contribution in [1.29, 1.82) is 0 Å². The number of anilines is 3. The molecule has 2 N–H and O–H groups in total. The van der Waals surface area contributed by atoms with Crippen molar-refractivity contribution in [1.82, 2.24) is 20.2 Å². The Morgan fingerprint density at radius 2 is 1.80 bits per heavy atom. The number of nitrogens with one attached hydrogen (secondary N) is 2. The summed E-state index contributed by atoms with van der Waals surface area (Å²) in [5, 5.41) is 10.4. The quantitative estimate of drug-likeness (QED) is 0.638. The van der Waals surface area contributed by atoms with Crippen molar-refractivity contribution in [3.05, 3.63) is 42.6 Å². The van der Waals surface area contributed by atoms with Gasteiger partial charge in [0.2, 0.25) is 5.95 Å². The summed E-state index contributed by atoms with van der Waals surface area (Å²) in [6.45, 7) is 5.56. The minimum Gasteiger partial charge on any atom is -0.372 e. The largest absolute Gasteiger partial charge is 0.372 e. The summed E-state index contributed by atoms with van der Waals surface area (Å²) >= 11 is 0. The fraction of sp³-hybridized carbons (Fsp3) is 0.350. The number of hydrogen-bond donors (Lipinski definition) is 2. The van der Waals surface area contributed by atoms with Crippen LogP contribution in [0.5, 0.6) is 0 Å². The number of morpholine rings is 1. The van der Waals surface area contributed by atoms with E-state index in [2.05, 4.69) is 30.4 Å². The first-order valence-electron chi connectivity index (χ1n) is 9.64. The molecule has 30 heavy (non-hydrogen) atoms. The van der Waals surface area contributed by atoms with E-state index in [1.807, 2.05) is 19.9 Å². The van der Waals surface area contributed by atoms with Crippen LogP contribution in [0, 0.1) is 0 Å². The summed E-state index contributed by atoms with van der Waals surface area (Å²) in [4.78, 5) is 11.4. The molecule has 2 aromatic heterocycles. The molecular formula is C20H24N6O3S. The van der Waals surface area contributed by atoms with Gasteiger partial charge in [-0.05, 0) is 37.6 Å². The first-order chi connectivity index (χ1) is 14.3. The van der Waals surface area contributed by atoms with Crippen molar-refractivity contribution in [2.75, 3.05) is 29.6 Å². The fourth-order valence-corrected chi connectivity index (χ4v) is 4.09. The lowest BCUT2D eigenvalue weighted by Crippen LogP contribution is -2.46. The van der Waals surface area contributed by atoms with Crippen LogP contribution in [0.4, 0.5) is 17.6 Å². The van der Waals surface area contributed by atoms with Gasteiger partial charge in [-0.25, -0.2) is 13.4 Å². The predicted octanol–water partition coefficient (Wildman–Crippen LogP) is 2.63. The smallest absolute Gasteiger partial charge is 0.227 e. The molecule has 0 unspecified atom stereocenters. The van der Waals surface area contributed by atoms with Crippen molar-refractivity contribution in [3.8, 4) is 11.3 Å². The number of benzene rings is 1. The van der Waals surface area contributed by atoms with Crippen LogP contribution in [0.25, 0.3) is 11.3 Å². The first-order valence-corrected chi connectivity index (χ1v) is 11.5. The molecule has 10 heteroatoms. The molecule has 4 rings (SSSR count). The summed E-state index contributed by atoms with van der Waals surface area (Å²) in [5.74, 6) is 1.89. The maximum absolute atomic E-state index is 11.6. The molecule has 1 aliphatic heterocycles. The summed E-state index contributed by atoms with van der Waals surface area (Å²) in [7, 11) is -3.22. The SMILES string of the molecule is C[C@@H]1CN(c2nccc(Nc3cc(-c4ccc(S(C)(=O)=O)cc4)[nH]n3)n2)C[C@H](C)O1. The van der Waals surface area contributed by atoms with E-state index < -0.39 is 9.84 Å². The highest BCUT2D eigenvalue weighted by Crippen LogP contribution is 2.24. The Hall–Kier alpha value is -2.98. The topological polar surface area (TPSA) is 113 Å². The van der Waals surface area contributed by atoms with Crippen molar-refractivity contribution < 1.29 is 13.2 Å². The summed E-state index contributed by atoms with van der Waals surface area (Å²) in [6, 6.07) is 10.3. The monoisotopic (exact) mass is 428 g/mol. The minimum atomic E-state index is -3.22. The van der Waals surface area contributed by atoms with Gasteiger partial charge in [-0.1, -0.05) is 12.1 Å². The minimum absolute atomic E-state index is 0.122. The maximum atomic E-state index is 11.6. The highest BCUT2D eigenvalue weighted by molar-refractivity contribution is 7.90.